The average Bonchev–Trinajstić information content (AvgIpc) is 2.42. The smallest absolute Gasteiger partial charge is 0.128 e. The molecule has 0 aliphatic carbocycles. The lowest BCUT2D eigenvalue weighted by Crippen LogP contribution is -2.18. The summed E-state index contributed by atoms with van der Waals surface area (Å²) < 4.78 is 19.8. The number of benzene rings is 2. The molecule has 106 valence electrons. The molecule has 0 aliphatic heterocycles. The summed E-state index contributed by atoms with van der Waals surface area (Å²) in [5, 5.41) is 0. The predicted octanol–water partition coefficient (Wildman–Crippen LogP) is 4.23. The molecule has 0 spiro atoms. The lowest BCUT2D eigenvalue weighted by molar-refractivity contribution is 0.312. The van der Waals surface area contributed by atoms with Crippen molar-refractivity contribution >= 4 is 15.9 Å². The highest BCUT2D eigenvalue weighted by molar-refractivity contribution is 9.10. The standard InChI is InChI=1S/C16H17BrFNO/c1-19(10-12-4-3-5-15(8-12)20-2)11-13-6-7-14(17)9-16(13)18/h3-9H,10-11H2,1-2H3. The Bertz CT molecular complexity index is 588. The SMILES string of the molecule is COc1cccc(CN(C)Cc2ccc(Br)cc2F)c1. The van der Waals surface area contributed by atoms with Crippen LogP contribution in [0.3, 0.4) is 0 Å². The van der Waals surface area contributed by atoms with Gasteiger partial charge in [0, 0.05) is 23.1 Å². The van der Waals surface area contributed by atoms with Crippen molar-refractivity contribution in [2.75, 3.05) is 14.2 Å². The van der Waals surface area contributed by atoms with Crippen molar-refractivity contribution in [1.29, 1.82) is 0 Å². The Labute approximate surface area is 127 Å². The fourth-order valence-electron chi connectivity index (χ4n) is 2.08. The third-order valence-electron chi connectivity index (χ3n) is 3.04. The van der Waals surface area contributed by atoms with Gasteiger partial charge in [0.25, 0.3) is 0 Å². The Hall–Kier alpha value is -1.39. The summed E-state index contributed by atoms with van der Waals surface area (Å²) in [7, 11) is 3.63. The number of nitrogens with zero attached hydrogens (tertiary/aromatic N) is 1. The summed E-state index contributed by atoms with van der Waals surface area (Å²) in [6.45, 7) is 1.31. The van der Waals surface area contributed by atoms with Gasteiger partial charge in [-0.25, -0.2) is 4.39 Å². The molecule has 2 aromatic carbocycles. The minimum atomic E-state index is -0.183. The molecule has 2 aromatic rings. The Kier molecular flexibility index (Phi) is 5.15. The third-order valence-corrected chi connectivity index (χ3v) is 3.54. The van der Waals surface area contributed by atoms with Gasteiger partial charge in [0.2, 0.25) is 0 Å². The largest absolute Gasteiger partial charge is 0.497 e. The Morgan fingerprint density at radius 1 is 1.15 bits per heavy atom. The molecule has 0 aromatic heterocycles. The highest BCUT2D eigenvalue weighted by Gasteiger charge is 2.07. The first-order valence-corrected chi connectivity index (χ1v) is 7.13. The Balaban J connectivity index is 2.02. The number of rotatable bonds is 5. The zero-order chi connectivity index (χ0) is 14.5. The van der Waals surface area contributed by atoms with Crippen molar-refractivity contribution in [2.45, 2.75) is 13.1 Å². The summed E-state index contributed by atoms with van der Waals surface area (Å²) in [5.74, 6) is 0.655. The van der Waals surface area contributed by atoms with Gasteiger partial charge in [0.05, 0.1) is 7.11 Å². The number of ether oxygens (including phenoxy) is 1. The maximum atomic E-state index is 13.8. The quantitative estimate of drug-likeness (QED) is 0.809. The van der Waals surface area contributed by atoms with E-state index in [-0.39, 0.29) is 5.82 Å². The van der Waals surface area contributed by atoms with E-state index >= 15 is 0 Å². The number of hydrogen-bond donors (Lipinski definition) is 0. The van der Waals surface area contributed by atoms with Crippen molar-refractivity contribution in [1.82, 2.24) is 4.90 Å². The highest BCUT2D eigenvalue weighted by Crippen LogP contribution is 2.18. The number of methoxy groups -OCH3 is 1. The van der Waals surface area contributed by atoms with Gasteiger partial charge in [-0.15, -0.1) is 0 Å². The molecular formula is C16H17BrFNO. The second kappa shape index (κ2) is 6.86. The number of hydrogen-bond acceptors (Lipinski definition) is 2. The number of halogens is 2. The zero-order valence-electron chi connectivity index (χ0n) is 11.6. The van der Waals surface area contributed by atoms with Gasteiger partial charge >= 0.3 is 0 Å². The topological polar surface area (TPSA) is 12.5 Å². The van der Waals surface area contributed by atoms with Gasteiger partial charge in [0.15, 0.2) is 0 Å². The van der Waals surface area contributed by atoms with Gasteiger partial charge in [-0.1, -0.05) is 34.1 Å². The van der Waals surface area contributed by atoms with Crippen LogP contribution in [-0.2, 0) is 13.1 Å². The van der Waals surface area contributed by atoms with Gasteiger partial charge in [-0.2, -0.15) is 0 Å². The van der Waals surface area contributed by atoms with E-state index in [9.17, 15) is 4.39 Å². The molecule has 4 heteroatoms. The molecule has 0 N–H and O–H groups in total. The van der Waals surface area contributed by atoms with Crippen LogP contribution in [0.2, 0.25) is 0 Å². The fraction of sp³-hybridized carbons (Fsp3) is 0.250. The van der Waals surface area contributed by atoms with Gasteiger partial charge in [-0.05, 0) is 36.9 Å². The van der Waals surface area contributed by atoms with Gasteiger partial charge < -0.3 is 4.74 Å². The molecule has 0 heterocycles. The van der Waals surface area contributed by atoms with Crippen LogP contribution in [0.25, 0.3) is 0 Å². The minimum Gasteiger partial charge on any atom is -0.497 e. The second-order valence-electron chi connectivity index (χ2n) is 4.76. The van der Waals surface area contributed by atoms with Crippen molar-refractivity contribution in [2.24, 2.45) is 0 Å². The van der Waals surface area contributed by atoms with Crippen LogP contribution in [0.15, 0.2) is 46.9 Å². The maximum absolute atomic E-state index is 13.8. The second-order valence-corrected chi connectivity index (χ2v) is 5.68. The van der Waals surface area contributed by atoms with Crippen LogP contribution in [-0.4, -0.2) is 19.1 Å². The Morgan fingerprint density at radius 3 is 2.65 bits per heavy atom. The highest BCUT2D eigenvalue weighted by atomic mass is 79.9. The lowest BCUT2D eigenvalue weighted by Gasteiger charge is -2.17. The first kappa shape index (κ1) is 15.0. The molecule has 0 amide bonds. The molecule has 0 radical (unpaired) electrons. The van der Waals surface area contributed by atoms with E-state index in [0.29, 0.717) is 12.1 Å². The molecule has 0 unspecified atom stereocenters. The monoisotopic (exact) mass is 337 g/mol. The van der Waals surface area contributed by atoms with Crippen molar-refractivity contribution < 1.29 is 9.13 Å². The fourth-order valence-corrected chi connectivity index (χ4v) is 2.41. The van der Waals surface area contributed by atoms with E-state index < -0.39 is 0 Å². The first-order valence-electron chi connectivity index (χ1n) is 6.34. The normalized spacial score (nSPS) is 10.8. The van der Waals surface area contributed by atoms with Crippen LogP contribution >= 0.6 is 15.9 Å². The molecule has 0 bridgehead atoms. The molecule has 0 fully saturated rings. The average molecular weight is 338 g/mol. The minimum absolute atomic E-state index is 0.183. The summed E-state index contributed by atoms with van der Waals surface area (Å²) in [6.07, 6.45) is 0. The van der Waals surface area contributed by atoms with Gasteiger partial charge in [-0.3, -0.25) is 4.90 Å². The van der Waals surface area contributed by atoms with E-state index in [1.165, 1.54) is 6.07 Å². The van der Waals surface area contributed by atoms with E-state index in [0.717, 1.165) is 22.3 Å². The maximum Gasteiger partial charge on any atom is 0.128 e. The summed E-state index contributed by atoms with van der Waals surface area (Å²) >= 11 is 3.26. The summed E-state index contributed by atoms with van der Waals surface area (Å²) in [5.41, 5.74) is 1.84. The Morgan fingerprint density at radius 2 is 1.95 bits per heavy atom. The zero-order valence-corrected chi connectivity index (χ0v) is 13.2. The molecule has 2 nitrogen and oxygen atoms in total. The predicted molar refractivity (Wildman–Crippen MR) is 82.3 cm³/mol. The van der Waals surface area contributed by atoms with E-state index in [2.05, 4.69) is 20.8 Å². The van der Waals surface area contributed by atoms with Crippen LogP contribution in [0.5, 0.6) is 5.75 Å². The molecule has 0 atom stereocenters. The third kappa shape index (κ3) is 4.05. The van der Waals surface area contributed by atoms with E-state index in [4.69, 9.17) is 4.74 Å². The van der Waals surface area contributed by atoms with Crippen LogP contribution in [0.1, 0.15) is 11.1 Å². The molecule has 0 aliphatic rings. The van der Waals surface area contributed by atoms with Crippen molar-refractivity contribution in [3.05, 3.63) is 63.9 Å². The molecule has 0 saturated carbocycles. The van der Waals surface area contributed by atoms with Gasteiger partial charge in [0.1, 0.15) is 11.6 Å². The molecule has 2 rings (SSSR count). The lowest BCUT2D eigenvalue weighted by atomic mass is 10.1. The summed E-state index contributed by atoms with van der Waals surface area (Å²) in [4.78, 5) is 2.07. The molecule has 0 saturated heterocycles. The first-order chi connectivity index (χ1) is 9.58. The van der Waals surface area contributed by atoms with E-state index in [1.807, 2.05) is 43.4 Å². The van der Waals surface area contributed by atoms with E-state index in [1.54, 1.807) is 7.11 Å². The van der Waals surface area contributed by atoms with Crippen molar-refractivity contribution in [3.63, 3.8) is 0 Å². The van der Waals surface area contributed by atoms with Crippen LogP contribution in [0, 0.1) is 5.82 Å². The van der Waals surface area contributed by atoms with Crippen LogP contribution in [0.4, 0.5) is 4.39 Å². The molecule has 20 heavy (non-hydrogen) atoms. The van der Waals surface area contributed by atoms with Crippen molar-refractivity contribution in [3.8, 4) is 5.75 Å². The molecular weight excluding hydrogens is 321 g/mol. The summed E-state index contributed by atoms with van der Waals surface area (Å²) in [6, 6.07) is 13.1. The van der Waals surface area contributed by atoms with Crippen LogP contribution < -0.4 is 4.74 Å².